The van der Waals surface area contributed by atoms with Gasteiger partial charge in [-0.1, -0.05) is 37.3 Å². The van der Waals surface area contributed by atoms with Crippen molar-refractivity contribution >= 4 is 5.76 Å². The average molecular weight is 162 g/mol. The number of methoxy groups -OCH3 is 1. The Morgan fingerprint density at radius 2 is 2.00 bits per heavy atom. The van der Waals surface area contributed by atoms with Crippen LogP contribution in [0.5, 0.6) is 0 Å². The summed E-state index contributed by atoms with van der Waals surface area (Å²) in [4.78, 5) is 0. The standard InChI is InChI=1S/C11H14O/c1-3-7-11(12-2)10-8-5-4-6-9-10/h4-9H,3H2,1-2H3/b11-7-. The normalized spacial score (nSPS) is 11.3. The zero-order valence-electron chi connectivity index (χ0n) is 7.58. The summed E-state index contributed by atoms with van der Waals surface area (Å²) in [6.07, 6.45) is 3.08. The number of rotatable bonds is 3. The molecular weight excluding hydrogens is 148 g/mol. The Kier molecular flexibility index (Phi) is 3.39. The molecule has 0 spiro atoms. The Labute approximate surface area is 73.7 Å². The molecule has 0 radical (unpaired) electrons. The summed E-state index contributed by atoms with van der Waals surface area (Å²) in [6, 6.07) is 10.1. The first-order valence-corrected chi connectivity index (χ1v) is 4.18. The Hall–Kier alpha value is -1.24. The van der Waals surface area contributed by atoms with Crippen LogP contribution in [0, 0.1) is 0 Å². The molecule has 0 saturated heterocycles. The molecule has 0 aromatic heterocycles. The SMILES string of the molecule is CC/C=C(\OC)c1ccccc1. The first-order chi connectivity index (χ1) is 5.88. The van der Waals surface area contributed by atoms with Gasteiger partial charge in [0.25, 0.3) is 0 Å². The van der Waals surface area contributed by atoms with Gasteiger partial charge in [-0.25, -0.2) is 0 Å². The largest absolute Gasteiger partial charge is 0.496 e. The summed E-state index contributed by atoms with van der Waals surface area (Å²) in [5, 5.41) is 0. The van der Waals surface area contributed by atoms with Crippen LogP contribution in [0.4, 0.5) is 0 Å². The van der Waals surface area contributed by atoms with Crippen molar-refractivity contribution in [1.82, 2.24) is 0 Å². The third kappa shape index (κ3) is 2.12. The van der Waals surface area contributed by atoms with Crippen LogP contribution >= 0.6 is 0 Å². The van der Waals surface area contributed by atoms with Gasteiger partial charge >= 0.3 is 0 Å². The summed E-state index contributed by atoms with van der Waals surface area (Å²) in [5.74, 6) is 0.957. The Bertz CT molecular complexity index is 249. The second-order valence-electron chi connectivity index (χ2n) is 2.55. The minimum Gasteiger partial charge on any atom is -0.496 e. The fraction of sp³-hybridized carbons (Fsp3) is 0.273. The van der Waals surface area contributed by atoms with E-state index in [2.05, 4.69) is 13.0 Å². The number of hydrogen-bond donors (Lipinski definition) is 0. The van der Waals surface area contributed by atoms with Crippen molar-refractivity contribution < 1.29 is 4.74 Å². The summed E-state index contributed by atoms with van der Waals surface area (Å²) < 4.78 is 5.24. The highest BCUT2D eigenvalue weighted by Gasteiger charge is 1.96. The quantitative estimate of drug-likeness (QED) is 0.620. The van der Waals surface area contributed by atoms with Crippen molar-refractivity contribution in [2.45, 2.75) is 13.3 Å². The van der Waals surface area contributed by atoms with Crippen LogP contribution in [0.2, 0.25) is 0 Å². The predicted molar refractivity (Wildman–Crippen MR) is 51.7 cm³/mol. The molecule has 0 unspecified atom stereocenters. The molecule has 0 saturated carbocycles. The highest BCUT2D eigenvalue weighted by molar-refractivity contribution is 5.59. The number of benzene rings is 1. The number of ether oxygens (including phenoxy) is 1. The lowest BCUT2D eigenvalue weighted by Gasteiger charge is -2.04. The molecule has 0 heterocycles. The van der Waals surface area contributed by atoms with Crippen molar-refractivity contribution in [2.24, 2.45) is 0 Å². The molecule has 0 aliphatic heterocycles. The summed E-state index contributed by atoms with van der Waals surface area (Å²) in [5.41, 5.74) is 1.14. The van der Waals surface area contributed by atoms with Crippen molar-refractivity contribution in [1.29, 1.82) is 0 Å². The molecule has 0 aliphatic rings. The molecule has 0 atom stereocenters. The summed E-state index contributed by atoms with van der Waals surface area (Å²) in [6.45, 7) is 2.10. The van der Waals surface area contributed by atoms with Gasteiger partial charge in [0, 0.05) is 5.56 Å². The zero-order valence-corrected chi connectivity index (χ0v) is 7.58. The van der Waals surface area contributed by atoms with Crippen LogP contribution < -0.4 is 0 Å². The molecule has 12 heavy (non-hydrogen) atoms. The number of allylic oxidation sites excluding steroid dienone is 1. The molecule has 0 N–H and O–H groups in total. The highest BCUT2D eigenvalue weighted by atomic mass is 16.5. The van der Waals surface area contributed by atoms with E-state index >= 15 is 0 Å². The first-order valence-electron chi connectivity index (χ1n) is 4.18. The van der Waals surface area contributed by atoms with Gasteiger partial charge in [0.05, 0.1) is 7.11 Å². The van der Waals surface area contributed by atoms with E-state index in [0.29, 0.717) is 0 Å². The van der Waals surface area contributed by atoms with Gasteiger partial charge in [-0.3, -0.25) is 0 Å². The van der Waals surface area contributed by atoms with Gasteiger partial charge in [-0.05, 0) is 12.5 Å². The van der Waals surface area contributed by atoms with Crippen molar-refractivity contribution in [3.05, 3.63) is 42.0 Å². The summed E-state index contributed by atoms with van der Waals surface area (Å²) in [7, 11) is 1.70. The lowest BCUT2D eigenvalue weighted by atomic mass is 10.2. The third-order valence-electron chi connectivity index (χ3n) is 1.67. The summed E-state index contributed by atoms with van der Waals surface area (Å²) >= 11 is 0. The van der Waals surface area contributed by atoms with E-state index in [4.69, 9.17) is 4.74 Å². The smallest absolute Gasteiger partial charge is 0.122 e. The molecule has 0 amide bonds. The minimum absolute atomic E-state index is 0.957. The van der Waals surface area contributed by atoms with Gasteiger partial charge in [0.2, 0.25) is 0 Å². The van der Waals surface area contributed by atoms with Gasteiger partial charge in [-0.2, -0.15) is 0 Å². The van der Waals surface area contributed by atoms with Crippen LogP contribution in [0.25, 0.3) is 5.76 Å². The Morgan fingerprint density at radius 1 is 1.33 bits per heavy atom. The Morgan fingerprint density at radius 3 is 2.50 bits per heavy atom. The van der Waals surface area contributed by atoms with Crippen molar-refractivity contribution in [3.8, 4) is 0 Å². The van der Waals surface area contributed by atoms with E-state index in [0.717, 1.165) is 17.7 Å². The van der Waals surface area contributed by atoms with Crippen LogP contribution in [-0.4, -0.2) is 7.11 Å². The maximum Gasteiger partial charge on any atom is 0.122 e. The number of hydrogen-bond acceptors (Lipinski definition) is 1. The molecule has 1 rings (SSSR count). The van der Waals surface area contributed by atoms with E-state index in [9.17, 15) is 0 Å². The van der Waals surface area contributed by atoms with Crippen LogP contribution in [0.3, 0.4) is 0 Å². The topological polar surface area (TPSA) is 9.23 Å². The van der Waals surface area contributed by atoms with Crippen molar-refractivity contribution in [3.63, 3.8) is 0 Å². The minimum atomic E-state index is 0.957. The molecule has 1 heteroatoms. The Balaban J connectivity index is 2.88. The van der Waals surface area contributed by atoms with Gasteiger partial charge in [0.15, 0.2) is 0 Å². The van der Waals surface area contributed by atoms with Crippen LogP contribution in [-0.2, 0) is 4.74 Å². The maximum absolute atomic E-state index is 5.24. The second kappa shape index (κ2) is 4.60. The van der Waals surface area contributed by atoms with Crippen molar-refractivity contribution in [2.75, 3.05) is 7.11 Å². The molecule has 1 aromatic rings. The highest BCUT2D eigenvalue weighted by Crippen LogP contribution is 2.14. The molecule has 0 fully saturated rings. The van der Waals surface area contributed by atoms with E-state index in [1.54, 1.807) is 7.11 Å². The van der Waals surface area contributed by atoms with Gasteiger partial charge < -0.3 is 4.74 Å². The molecule has 1 nitrogen and oxygen atoms in total. The molecular formula is C11H14O. The van der Waals surface area contributed by atoms with E-state index < -0.39 is 0 Å². The maximum atomic E-state index is 5.24. The molecule has 0 bridgehead atoms. The predicted octanol–water partition coefficient (Wildman–Crippen LogP) is 3.08. The monoisotopic (exact) mass is 162 g/mol. The fourth-order valence-corrected chi connectivity index (χ4v) is 1.11. The molecule has 1 aromatic carbocycles. The molecule has 64 valence electrons. The molecule has 0 aliphatic carbocycles. The van der Waals surface area contributed by atoms with Crippen LogP contribution in [0.15, 0.2) is 36.4 Å². The lowest BCUT2D eigenvalue weighted by molar-refractivity contribution is 0.369. The second-order valence-corrected chi connectivity index (χ2v) is 2.55. The fourth-order valence-electron chi connectivity index (χ4n) is 1.11. The van der Waals surface area contributed by atoms with Gasteiger partial charge in [-0.15, -0.1) is 0 Å². The zero-order chi connectivity index (χ0) is 8.81. The van der Waals surface area contributed by atoms with Gasteiger partial charge in [0.1, 0.15) is 5.76 Å². The van der Waals surface area contributed by atoms with Crippen LogP contribution in [0.1, 0.15) is 18.9 Å². The third-order valence-corrected chi connectivity index (χ3v) is 1.67. The van der Waals surface area contributed by atoms with E-state index in [1.165, 1.54) is 0 Å². The van der Waals surface area contributed by atoms with E-state index in [-0.39, 0.29) is 0 Å². The van der Waals surface area contributed by atoms with E-state index in [1.807, 2.05) is 30.3 Å². The lowest BCUT2D eigenvalue weighted by Crippen LogP contribution is -1.85. The average Bonchev–Trinajstić information content (AvgIpc) is 2.15. The first kappa shape index (κ1) is 8.85.